The SMILES string of the molecule is CC(C)OC(N)=S.CCCCCCCCCCCCCCCCOC(N)=S. The molecule has 27 heavy (non-hydrogen) atoms. The Kier molecular flexibility index (Phi) is 24.8. The smallest absolute Gasteiger partial charge is 0.254 e. The van der Waals surface area contributed by atoms with Gasteiger partial charge in [0.25, 0.3) is 10.3 Å². The molecule has 0 saturated heterocycles. The van der Waals surface area contributed by atoms with E-state index in [1.165, 1.54) is 83.5 Å². The number of ether oxygens (including phenoxy) is 2. The highest BCUT2D eigenvalue weighted by atomic mass is 32.1. The number of hydrogen-bond acceptors (Lipinski definition) is 4. The quantitative estimate of drug-likeness (QED) is 0.223. The minimum Gasteiger partial charge on any atom is -0.471 e. The zero-order valence-corrected chi connectivity index (χ0v) is 19.6. The molecule has 0 aromatic heterocycles. The van der Waals surface area contributed by atoms with E-state index >= 15 is 0 Å². The molecule has 162 valence electrons. The van der Waals surface area contributed by atoms with Crippen molar-refractivity contribution in [2.45, 2.75) is 117 Å². The van der Waals surface area contributed by atoms with Crippen LogP contribution in [0, 0.1) is 0 Å². The van der Waals surface area contributed by atoms with E-state index in [0.717, 1.165) is 6.42 Å². The average Bonchev–Trinajstić information content (AvgIpc) is 2.57. The molecule has 0 saturated carbocycles. The Labute approximate surface area is 179 Å². The molecule has 0 rings (SSSR count). The first-order chi connectivity index (χ1) is 12.9. The van der Waals surface area contributed by atoms with Gasteiger partial charge in [0, 0.05) is 0 Å². The molecule has 0 unspecified atom stereocenters. The van der Waals surface area contributed by atoms with Crippen LogP contribution >= 0.6 is 24.4 Å². The van der Waals surface area contributed by atoms with Gasteiger partial charge in [0.2, 0.25) is 0 Å². The molecule has 0 bridgehead atoms. The van der Waals surface area contributed by atoms with E-state index in [1.54, 1.807) is 0 Å². The molecular weight excluding hydrogens is 376 g/mol. The summed E-state index contributed by atoms with van der Waals surface area (Å²) in [5, 5.41) is 0.301. The Hall–Kier alpha value is -0.620. The predicted molar refractivity (Wildman–Crippen MR) is 126 cm³/mol. The van der Waals surface area contributed by atoms with E-state index in [1.807, 2.05) is 13.8 Å². The van der Waals surface area contributed by atoms with Gasteiger partial charge in [-0.1, -0.05) is 90.4 Å². The molecule has 0 spiro atoms. The summed E-state index contributed by atoms with van der Waals surface area (Å²) in [6.07, 6.45) is 19.3. The van der Waals surface area contributed by atoms with Gasteiger partial charge in [-0.15, -0.1) is 0 Å². The summed E-state index contributed by atoms with van der Waals surface area (Å²) >= 11 is 9.08. The highest BCUT2D eigenvalue weighted by Gasteiger charge is 1.95. The van der Waals surface area contributed by atoms with Crippen molar-refractivity contribution in [2.24, 2.45) is 11.5 Å². The molecule has 0 fully saturated rings. The van der Waals surface area contributed by atoms with Gasteiger partial charge >= 0.3 is 0 Å². The summed E-state index contributed by atoms with van der Waals surface area (Å²) < 4.78 is 9.82. The number of unbranched alkanes of at least 4 members (excludes halogenated alkanes) is 13. The van der Waals surface area contributed by atoms with Crippen molar-refractivity contribution in [3.8, 4) is 0 Å². The van der Waals surface area contributed by atoms with Crippen molar-refractivity contribution in [3.05, 3.63) is 0 Å². The first-order valence-corrected chi connectivity index (χ1v) is 11.6. The lowest BCUT2D eigenvalue weighted by Gasteiger charge is -2.04. The van der Waals surface area contributed by atoms with Crippen LogP contribution in [0.25, 0.3) is 0 Å². The molecule has 0 aliphatic rings. The second-order valence-electron chi connectivity index (χ2n) is 7.25. The zero-order valence-electron chi connectivity index (χ0n) is 18.0. The predicted octanol–water partition coefficient (Wildman–Crippen LogP) is 6.38. The molecule has 6 heteroatoms. The van der Waals surface area contributed by atoms with Gasteiger partial charge in [-0.05, 0) is 44.7 Å². The molecule has 0 heterocycles. The number of nitrogens with two attached hydrogens (primary N) is 2. The molecule has 0 atom stereocenters. The fraction of sp³-hybridized carbons (Fsp3) is 0.905. The lowest BCUT2D eigenvalue weighted by atomic mass is 10.0. The van der Waals surface area contributed by atoms with Crippen LogP contribution in [0.4, 0.5) is 0 Å². The van der Waals surface area contributed by atoms with Crippen molar-refractivity contribution in [3.63, 3.8) is 0 Å². The number of rotatable bonds is 16. The highest BCUT2D eigenvalue weighted by Crippen LogP contribution is 2.12. The summed E-state index contributed by atoms with van der Waals surface area (Å²) in [4.78, 5) is 0. The summed E-state index contributed by atoms with van der Waals surface area (Å²) in [5.41, 5.74) is 10.3. The topological polar surface area (TPSA) is 70.5 Å². The van der Waals surface area contributed by atoms with Crippen molar-refractivity contribution in [2.75, 3.05) is 6.61 Å². The molecule has 0 radical (unpaired) electrons. The van der Waals surface area contributed by atoms with Crippen LogP contribution in [-0.4, -0.2) is 23.1 Å². The van der Waals surface area contributed by atoms with E-state index in [9.17, 15) is 0 Å². The summed E-state index contributed by atoms with van der Waals surface area (Å²) in [6.45, 7) is 6.71. The molecule has 4 nitrogen and oxygen atoms in total. The third-order valence-corrected chi connectivity index (χ3v) is 4.31. The second-order valence-corrected chi connectivity index (χ2v) is 8.05. The van der Waals surface area contributed by atoms with Crippen molar-refractivity contribution in [1.29, 1.82) is 0 Å². The highest BCUT2D eigenvalue weighted by molar-refractivity contribution is 7.80. The molecule has 0 aromatic carbocycles. The lowest BCUT2D eigenvalue weighted by molar-refractivity contribution is 0.232. The van der Waals surface area contributed by atoms with E-state index in [0.29, 0.717) is 6.61 Å². The maximum atomic E-state index is 5.26. The van der Waals surface area contributed by atoms with Gasteiger partial charge in [-0.3, -0.25) is 0 Å². The number of thiocarbonyl (C=S) groups is 2. The normalized spacial score (nSPS) is 10.2. The third-order valence-electron chi connectivity index (χ3n) is 4.09. The monoisotopic (exact) mass is 420 g/mol. The fourth-order valence-corrected chi connectivity index (χ4v) is 2.98. The Morgan fingerprint density at radius 3 is 1.30 bits per heavy atom. The maximum absolute atomic E-state index is 5.26. The van der Waals surface area contributed by atoms with Crippen LogP contribution in [0.2, 0.25) is 0 Å². The first kappa shape index (κ1) is 28.6. The molecule has 0 amide bonds. The second kappa shape index (κ2) is 23.4. The molecule has 0 aliphatic carbocycles. The van der Waals surface area contributed by atoms with E-state index in [-0.39, 0.29) is 16.5 Å². The van der Waals surface area contributed by atoms with Crippen LogP contribution in [-0.2, 0) is 9.47 Å². The Bertz CT molecular complexity index is 340. The molecule has 0 aliphatic heterocycles. The fourth-order valence-electron chi connectivity index (χ4n) is 2.70. The van der Waals surface area contributed by atoms with Crippen LogP contribution in [0.5, 0.6) is 0 Å². The van der Waals surface area contributed by atoms with Crippen LogP contribution in [0.1, 0.15) is 111 Å². The van der Waals surface area contributed by atoms with Crippen LogP contribution in [0.3, 0.4) is 0 Å². The Balaban J connectivity index is 0. The van der Waals surface area contributed by atoms with E-state index < -0.39 is 0 Å². The van der Waals surface area contributed by atoms with Gasteiger partial charge in [0.15, 0.2) is 0 Å². The van der Waals surface area contributed by atoms with Gasteiger partial charge in [-0.25, -0.2) is 0 Å². The van der Waals surface area contributed by atoms with Gasteiger partial charge in [0.1, 0.15) is 0 Å². The van der Waals surface area contributed by atoms with Crippen LogP contribution < -0.4 is 11.5 Å². The zero-order chi connectivity index (χ0) is 20.8. The van der Waals surface area contributed by atoms with Crippen molar-refractivity contribution in [1.82, 2.24) is 0 Å². The summed E-state index contributed by atoms with van der Waals surface area (Å²) in [5.74, 6) is 0. The summed E-state index contributed by atoms with van der Waals surface area (Å²) in [6, 6.07) is 0. The van der Waals surface area contributed by atoms with Crippen molar-refractivity contribution < 1.29 is 9.47 Å². The largest absolute Gasteiger partial charge is 0.471 e. The van der Waals surface area contributed by atoms with Crippen LogP contribution in [0.15, 0.2) is 0 Å². The Morgan fingerprint density at radius 1 is 0.667 bits per heavy atom. The maximum Gasteiger partial charge on any atom is 0.254 e. The standard InChI is InChI=1S/C17H35NOS.C4H9NOS/c1-2-3-4-5-6-7-8-9-10-11-12-13-14-15-16-19-17(18)20;1-3(2)6-4(5)7/h2-16H2,1H3,(H2,18,20);3H,1-2H3,(H2,5,7). The van der Waals surface area contributed by atoms with Crippen molar-refractivity contribution >= 4 is 34.8 Å². The van der Waals surface area contributed by atoms with Gasteiger partial charge in [0.05, 0.1) is 12.7 Å². The average molecular weight is 421 g/mol. The Morgan fingerprint density at radius 2 is 1.04 bits per heavy atom. The van der Waals surface area contributed by atoms with E-state index in [2.05, 4.69) is 31.4 Å². The summed E-state index contributed by atoms with van der Waals surface area (Å²) in [7, 11) is 0. The first-order valence-electron chi connectivity index (χ1n) is 10.8. The minimum atomic E-state index is 0.109. The van der Waals surface area contributed by atoms with E-state index in [4.69, 9.17) is 20.9 Å². The third kappa shape index (κ3) is 33.4. The van der Waals surface area contributed by atoms with Gasteiger partial charge < -0.3 is 20.9 Å². The lowest BCUT2D eigenvalue weighted by Crippen LogP contribution is -2.17. The van der Waals surface area contributed by atoms with Gasteiger partial charge in [-0.2, -0.15) is 0 Å². The molecular formula is C21H44N2O2S2. The molecule has 4 N–H and O–H groups in total. The molecule has 0 aromatic rings. The number of hydrogen-bond donors (Lipinski definition) is 2. The minimum absolute atomic E-state index is 0.109.